The Morgan fingerprint density at radius 3 is 2.75 bits per heavy atom. The van der Waals surface area contributed by atoms with Crippen molar-refractivity contribution in [1.29, 1.82) is 0 Å². The molecule has 1 N–H and O–H groups in total. The Morgan fingerprint density at radius 2 is 2.15 bits per heavy atom. The van der Waals surface area contributed by atoms with Gasteiger partial charge >= 0.3 is 5.97 Å². The van der Waals surface area contributed by atoms with Gasteiger partial charge in [-0.2, -0.15) is 0 Å². The Kier molecular flexibility index (Phi) is 5.20. The Bertz CT molecular complexity index is 594. The van der Waals surface area contributed by atoms with E-state index in [1.54, 1.807) is 18.4 Å². The molecule has 1 aromatic heterocycles. The minimum atomic E-state index is -0.777. The van der Waals surface area contributed by atoms with Gasteiger partial charge in [-0.3, -0.25) is 4.79 Å². The highest BCUT2D eigenvalue weighted by molar-refractivity contribution is 9.10. The molecule has 0 spiro atoms. The molecule has 0 saturated carbocycles. The lowest BCUT2D eigenvalue weighted by atomic mass is 9.95. The maximum absolute atomic E-state index is 11.5. The van der Waals surface area contributed by atoms with Gasteiger partial charge in [0, 0.05) is 14.7 Å². The van der Waals surface area contributed by atoms with Crippen molar-refractivity contribution in [3.05, 3.63) is 50.6 Å². The van der Waals surface area contributed by atoms with Crippen LogP contribution in [-0.4, -0.2) is 18.2 Å². The number of rotatable bonds is 6. The molecular formula is C15H15BrO3S. The lowest BCUT2D eigenvalue weighted by molar-refractivity contribution is -0.141. The number of hydrogen-bond acceptors (Lipinski definition) is 3. The second-order valence-corrected chi connectivity index (χ2v) is 6.40. The van der Waals surface area contributed by atoms with Crippen molar-refractivity contribution < 1.29 is 14.6 Å². The van der Waals surface area contributed by atoms with E-state index in [1.165, 1.54) is 0 Å². The smallest absolute Gasteiger partial charge is 0.307 e. The van der Waals surface area contributed by atoms with Crippen LogP contribution in [0.15, 0.2) is 40.2 Å². The van der Waals surface area contributed by atoms with Crippen LogP contribution in [0.3, 0.4) is 0 Å². The lowest BCUT2D eigenvalue weighted by Gasteiger charge is -2.14. The quantitative estimate of drug-likeness (QED) is 0.852. The molecule has 2 rings (SSSR count). The Balaban J connectivity index is 2.15. The largest absolute Gasteiger partial charge is 0.496 e. The van der Waals surface area contributed by atoms with Crippen LogP contribution in [0.25, 0.3) is 0 Å². The first-order chi connectivity index (χ1) is 9.60. The predicted octanol–water partition coefficient (Wildman–Crippen LogP) is 4.01. The van der Waals surface area contributed by atoms with E-state index in [0.717, 1.165) is 20.7 Å². The molecule has 0 aliphatic rings. The summed E-state index contributed by atoms with van der Waals surface area (Å²) >= 11 is 4.97. The fraction of sp³-hybridized carbons (Fsp3) is 0.267. The maximum Gasteiger partial charge on any atom is 0.307 e. The molecule has 1 heterocycles. The zero-order valence-corrected chi connectivity index (χ0v) is 13.4. The van der Waals surface area contributed by atoms with Gasteiger partial charge in [0.15, 0.2) is 0 Å². The number of benzene rings is 1. The Labute approximate surface area is 130 Å². The predicted molar refractivity (Wildman–Crippen MR) is 83.5 cm³/mol. The summed E-state index contributed by atoms with van der Waals surface area (Å²) in [6.45, 7) is 0. The number of para-hydroxylation sites is 1. The van der Waals surface area contributed by atoms with Crippen molar-refractivity contribution in [2.24, 2.45) is 5.92 Å². The van der Waals surface area contributed by atoms with Crippen LogP contribution in [0.2, 0.25) is 0 Å². The third-order valence-corrected chi connectivity index (χ3v) is 4.80. The van der Waals surface area contributed by atoms with Crippen molar-refractivity contribution >= 4 is 33.2 Å². The lowest BCUT2D eigenvalue weighted by Crippen LogP contribution is -2.19. The molecule has 1 unspecified atom stereocenters. The van der Waals surface area contributed by atoms with Gasteiger partial charge in [0.2, 0.25) is 0 Å². The van der Waals surface area contributed by atoms with Gasteiger partial charge in [-0.25, -0.2) is 0 Å². The van der Waals surface area contributed by atoms with Gasteiger partial charge in [0.25, 0.3) is 0 Å². The number of carbonyl (C=O) groups is 1. The molecule has 20 heavy (non-hydrogen) atoms. The van der Waals surface area contributed by atoms with E-state index in [0.29, 0.717) is 12.8 Å². The van der Waals surface area contributed by atoms with E-state index >= 15 is 0 Å². The molecular weight excluding hydrogens is 340 g/mol. The average Bonchev–Trinajstić information content (AvgIpc) is 2.84. The summed E-state index contributed by atoms with van der Waals surface area (Å²) in [7, 11) is 1.60. The molecule has 0 aliphatic heterocycles. The highest BCUT2D eigenvalue weighted by atomic mass is 79.9. The number of thiophene rings is 1. The molecule has 0 aliphatic carbocycles. The average molecular weight is 355 g/mol. The maximum atomic E-state index is 11.5. The van der Waals surface area contributed by atoms with Crippen LogP contribution < -0.4 is 4.74 Å². The fourth-order valence-corrected chi connectivity index (χ4v) is 3.62. The molecule has 0 radical (unpaired) electrons. The number of aliphatic carboxylic acids is 1. The first kappa shape index (κ1) is 15.1. The topological polar surface area (TPSA) is 46.5 Å². The first-order valence-corrected chi connectivity index (χ1v) is 7.85. The number of methoxy groups -OCH3 is 1. The normalized spacial score (nSPS) is 12.1. The second kappa shape index (κ2) is 6.90. The van der Waals surface area contributed by atoms with E-state index in [9.17, 15) is 9.90 Å². The second-order valence-electron chi connectivity index (χ2n) is 4.49. The fourth-order valence-electron chi connectivity index (χ4n) is 2.09. The van der Waals surface area contributed by atoms with E-state index in [1.807, 2.05) is 35.7 Å². The van der Waals surface area contributed by atoms with Gasteiger partial charge < -0.3 is 9.84 Å². The number of carboxylic acid groups (broad SMARTS) is 1. The van der Waals surface area contributed by atoms with Gasteiger partial charge in [-0.1, -0.05) is 18.2 Å². The van der Waals surface area contributed by atoms with Crippen LogP contribution in [0.4, 0.5) is 0 Å². The number of carboxylic acids is 1. The van der Waals surface area contributed by atoms with Gasteiger partial charge in [-0.15, -0.1) is 11.3 Å². The van der Waals surface area contributed by atoms with Gasteiger partial charge in [0.05, 0.1) is 13.0 Å². The molecule has 0 bridgehead atoms. The molecule has 3 nitrogen and oxygen atoms in total. The Hall–Kier alpha value is -1.33. The summed E-state index contributed by atoms with van der Waals surface area (Å²) in [5.74, 6) is -0.483. The van der Waals surface area contributed by atoms with E-state index < -0.39 is 11.9 Å². The summed E-state index contributed by atoms with van der Waals surface area (Å²) in [6, 6.07) is 9.53. The van der Waals surface area contributed by atoms with Crippen molar-refractivity contribution in [2.45, 2.75) is 12.8 Å². The zero-order valence-electron chi connectivity index (χ0n) is 11.0. The zero-order chi connectivity index (χ0) is 14.5. The van der Waals surface area contributed by atoms with Crippen LogP contribution in [0.5, 0.6) is 5.75 Å². The highest BCUT2D eigenvalue weighted by Crippen LogP contribution is 2.26. The molecule has 106 valence electrons. The molecule has 1 atom stereocenters. The van der Waals surface area contributed by atoms with Crippen molar-refractivity contribution in [1.82, 2.24) is 0 Å². The summed E-state index contributed by atoms with van der Waals surface area (Å²) in [4.78, 5) is 12.5. The monoisotopic (exact) mass is 354 g/mol. The van der Waals surface area contributed by atoms with Crippen LogP contribution in [-0.2, 0) is 17.6 Å². The third-order valence-electron chi connectivity index (χ3n) is 3.08. The van der Waals surface area contributed by atoms with Crippen molar-refractivity contribution in [2.75, 3.05) is 7.11 Å². The van der Waals surface area contributed by atoms with Crippen molar-refractivity contribution in [3.8, 4) is 5.75 Å². The minimum Gasteiger partial charge on any atom is -0.496 e. The van der Waals surface area contributed by atoms with Crippen LogP contribution >= 0.6 is 27.3 Å². The summed E-state index contributed by atoms with van der Waals surface area (Å²) in [6.07, 6.45) is 0.999. The molecule has 5 heteroatoms. The van der Waals surface area contributed by atoms with E-state index in [-0.39, 0.29) is 0 Å². The SMILES string of the molecule is COc1ccccc1CC(Cc1cc(Br)cs1)C(=O)O. The summed E-state index contributed by atoms with van der Waals surface area (Å²) in [5, 5.41) is 11.4. The van der Waals surface area contributed by atoms with Gasteiger partial charge in [-0.05, 0) is 46.5 Å². The first-order valence-electron chi connectivity index (χ1n) is 6.17. The van der Waals surface area contributed by atoms with E-state index in [4.69, 9.17) is 4.74 Å². The Morgan fingerprint density at radius 1 is 1.40 bits per heavy atom. The summed E-state index contributed by atoms with van der Waals surface area (Å²) in [5.41, 5.74) is 0.929. The third kappa shape index (κ3) is 3.84. The highest BCUT2D eigenvalue weighted by Gasteiger charge is 2.21. The summed E-state index contributed by atoms with van der Waals surface area (Å²) < 4.78 is 6.28. The van der Waals surface area contributed by atoms with Crippen LogP contribution in [0.1, 0.15) is 10.4 Å². The molecule has 1 aromatic carbocycles. The standard InChI is InChI=1S/C15H15BrO3S/c1-19-14-5-3-2-4-10(14)6-11(15(17)18)7-13-8-12(16)9-20-13/h2-5,8-9,11H,6-7H2,1H3,(H,17,18). The number of halogens is 1. The molecule has 2 aromatic rings. The minimum absolute atomic E-state index is 0.447. The van der Waals surface area contributed by atoms with Gasteiger partial charge in [0.1, 0.15) is 5.75 Å². The van der Waals surface area contributed by atoms with E-state index in [2.05, 4.69) is 15.9 Å². The number of hydrogen-bond donors (Lipinski definition) is 1. The molecule has 0 amide bonds. The molecule has 0 fully saturated rings. The van der Waals surface area contributed by atoms with Crippen molar-refractivity contribution in [3.63, 3.8) is 0 Å². The number of ether oxygens (including phenoxy) is 1. The van der Waals surface area contributed by atoms with Crippen LogP contribution in [0, 0.1) is 5.92 Å². The molecule has 0 saturated heterocycles.